The van der Waals surface area contributed by atoms with Crippen molar-refractivity contribution in [2.45, 2.75) is 6.92 Å². The molecule has 0 saturated heterocycles. The van der Waals surface area contributed by atoms with Crippen molar-refractivity contribution in [3.05, 3.63) is 120 Å². The molecule has 0 amide bonds. The zero-order chi connectivity index (χ0) is 22.8. The van der Waals surface area contributed by atoms with Crippen molar-refractivity contribution < 1.29 is 1.37 Å². The number of nitrogens with zero attached hydrogens (tertiary/aromatic N) is 4. The van der Waals surface area contributed by atoms with Crippen LogP contribution in [0.15, 0.2) is 103 Å². The van der Waals surface area contributed by atoms with Gasteiger partial charge >= 0.3 is 0 Å². The number of aromatic nitrogens is 3. The Bertz CT molecular complexity index is 1420. The number of benzene rings is 4. The summed E-state index contributed by atoms with van der Waals surface area (Å²) in [5.41, 5.74) is 7.29. The van der Waals surface area contributed by atoms with Gasteiger partial charge in [0, 0.05) is 16.7 Å². The third kappa shape index (κ3) is 3.57. The summed E-state index contributed by atoms with van der Waals surface area (Å²) in [6, 6.07) is 31.8. The van der Waals surface area contributed by atoms with Crippen LogP contribution in [0.25, 0.3) is 44.2 Å². The van der Waals surface area contributed by atoms with E-state index >= 15 is 0 Å². The summed E-state index contributed by atoms with van der Waals surface area (Å²) in [6.45, 7) is 9.47. The molecular formula is C28H20N4. The average molecular weight is 414 g/mol. The average Bonchev–Trinajstić information content (AvgIpc) is 3.25. The van der Waals surface area contributed by atoms with Gasteiger partial charge in [-0.3, -0.25) is 4.57 Å². The number of hydrogen-bond donors (Lipinski definition) is 0. The van der Waals surface area contributed by atoms with Gasteiger partial charge in [0.1, 0.15) is 7.67 Å². The Morgan fingerprint density at radius 1 is 0.781 bits per heavy atom. The third-order valence-corrected chi connectivity index (χ3v) is 5.38. The zero-order valence-corrected chi connectivity index (χ0v) is 17.5. The third-order valence-electron chi connectivity index (χ3n) is 5.38. The largest absolute Gasteiger partial charge is 0.280 e. The molecule has 0 N–H and O–H groups in total. The maximum atomic E-state index is 8.68. The first kappa shape index (κ1) is 18.3. The minimum atomic E-state index is 0.0384. The van der Waals surface area contributed by atoms with E-state index in [-0.39, 0.29) is 6.30 Å². The first-order valence-corrected chi connectivity index (χ1v) is 10.3. The van der Waals surface area contributed by atoms with Crippen molar-refractivity contribution in [2.75, 3.05) is 0 Å². The molecule has 32 heavy (non-hydrogen) atoms. The number of hydrogen-bond acceptors (Lipinski definition) is 2. The highest BCUT2D eigenvalue weighted by Crippen LogP contribution is 2.38. The van der Waals surface area contributed by atoms with E-state index in [9.17, 15) is 0 Å². The molecule has 0 bridgehead atoms. The first-order chi connectivity index (χ1) is 16.2. The molecule has 0 spiro atoms. The fourth-order valence-corrected chi connectivity index (χ4v) is 3.96. The molecule has 152 valence electrons. The fraction of sp³-hybridized carbons (Fsp3) is 0.0357. The van der Waals surface area contributed by atoms with Gasteiger partial charge in [-0.15, -0.1) is 10.2 Å². The second-order valence-corrected chi connectivity index (χ2v) is 7.56. The maximum Gasteiger partial charge on any atom is 0.187 e. The van der Waals surface area contributed by atoms with Crippen LogP contribution in [0.1, 0.15) is 6.93 Å². The summed E-state index contributed by atoms with van der Waals surface area (Å²) in [5.74, 6) is 0.531. The van der Waals surface area contributed by atoms with Crippen LogP contribution in [-0.4, -0.2) is 14.8 Å². The molecular weight excluding hydrogens is 392 g/mol. The molecule has 1 aromatic heterocycles. The summed E-state index contributed by atoms with van der Waals surface area (Å²) < 4.78 is 10.5. The molecule has 4 aromatic carbocycles. The second-order valence-electron chi connectivity index (χ2n) is 7.56. The van der Waals surface area contributed by atoms with Crippen LogP contribution in [0, 0.1) is 13.5 Å². The summed E-state index contributed by atoms with van der Waals surface area (Å²) in [4.78, 5) is 3.55. The standard InChI is InChI=1S/C28H20N4/c1-20-16-25(21-10-5-3-6-11-21)27(26(17-20)22-12-7-4-8-13-22)32-19-30-31-28(32)23-14-9-15-24(18-23)29-2/h3-19H,1H3/i19D. The Balaban J connectivity index is 1.87. The van der Waals surface area contributed by atoms with Crippen molar-refractivity contribution in [2.24, 2.45) is 0 Å². The Hall–Kier alpha value is -4.49. The molecule has 0 aliphatic carbocycles. The van der Waals surface area contributed by atoms with Crippen LogP contribution in [0.4, 0.5) is 5.69 Å². The van der Waals surface area contributed by atoms with Crippen LogP contribution >= 0.6 is 0 Å². The summed E-state index contributed by atoms with van der Waals surface area (Å²) in [7, 11) is 0. The van der Waals surface area contributed by atoms with Gasteiger partial charge in [0.25, 0.3) is 0 Å². The topological polar surface area (TPSA) is 35.1 Å². The zero-order valence-electron chi connectivity index (χ0n) is 18.5. The molecule has 0 fully saturated rings. The molecule has 4 heteroatoms. The Labute approximate surface area is 188 Å². The highest BCUT2D eigenvalue weighted by molar-refractivity contribution is 5.87. The highest BCUT2D eigenvalue weighted by Gasteiger charge is 2.19. The molecule has 1 heterocycles. The van der Waals surface area contributed by atoms with E-state index in [1.165, 1.54) is 0 Å². The summed E-state index contributed by atoms with van der Waals surface area (Å²) >= 11 is 0. The minimum absolute atomic E-state index is 0.0384. The van der Waals surface area contributed by atoms with E-state index < -0.39 is 0 Å². The van der Waals surface area contributed by atoms with E-state index in [1.807, 2.05) is 48.5 Å². The molecule has 4 nitrogen and oxygen atoms in total. The molecule has 0 saturated carbocycles. The molecule has 5 rings (SSSR count). The van der Waals surface area contributed by atoms with Crippen LogP contribution in [-0.2, 0) is 0 Å². The fourth-order valence-electron chi connectivity index (χ4n) is 3.96. The highest BCUT2D eigenvalue weighted by atomic mass is 15.3. The van der Waals surface area contributed by atoms with E-state index in [4.69, 9.17) is 7.94 Å². The summed E-state index contributed by atoms with van der Waals surface area (Å²) in [5, 5.41) is 8.47. The second kappa shape index (κ2) is 8.33. The molecule has 0 aliphatic rings. The van der Waals surface area contributed by atoms with Crippen LogP contribution in [0.5, 0.6) is 0 Å². The molecule has 5 aromatic rings. The van der Waals surface area contributed by atoms with Crippen molar-refractivity contribution in [3.8, 4) is 39.3 Å². The predicted molar refractivity (Wildman–Crippen MR) is 129 cm³/mol. The minimum Gasteiger partial charge on any atom is -0.280 e. The lowest BCUT2D eigenvalue weighted by molar-refractivity contribution is 1.06. The van der Waals surface area contributed by atoms with Crippen molar-refractivity contribution in [1.29, 1.82) is 0 Å². The first-order valence-electron chi connectivity index (χ1n) is 10.8. The Morgan fingerprint density at radius 3 is 1.97 bits per heavy atom. The van der Waals surface area contributed by atoms with Crippen molar-refractivity contribution in [1.82, 2.24) is 14.8 Å². The van der Waals surface area contributed by atoms with Gasteiger partial charge in [0.15, 0.2) is 11.5 Å². The van der Waals surface area contributed by atoms with Gasteiger partial charge in [-0.25, -0.2) is 4.85 Å². The van der Waals surface area contributed by atoms with Gasteiger partial charge in [-0.05, 0) is 41.8 Å². The van der Waals surface area contributed by atoms with Crippen LogP contribution in [0.3, 0.4) is 0 Å². The van der Waals surface area contributed by atoms with Crippen molar-refractivity contribution >= 4 is 5.69 Å². The monoisotopic (exact) mass is 413 g/mol. The number of rotatable bonds is 4. The van der Waals surface area contributed by atoms with Crippen molar-refractivity contribution in [3.63, 3.8) is 0 Å². The van der Waals surface area contributed by atoms with E-state index in [0.717, 1.165) is 39.1 Å². The quantitative estimate of drug-likeness (QED) is 0.294. The van der Waals surface area contributed by atoms with Crippen LogP contribution < -0.4 is 0 Å². The lowest BCUT2D eigenvalue weighted by Gasteiger charge is -2.19. The Kier molecular flexibility index (Phi) is 4.76. The van der Waals surface area contributed by atoms with E-state index in [2.05, 4.69) is 58.4 Å². The maximum absolute atomic E-state index is 8.68. The van der Waals surface area contributed by atoms with Gasteiger partial charge in [-0.1, -0.05) is 78.9 Å². The van der Waals surface area contributed by atoms with E-state index in [1.54, 1.807) is 16.7 Å². The van der Waals surface area contributed by atoms with Gasteiger partial charge < -0.3 is 0 Å². The predicted octanol–water partition coefficient (Wildman–Crippen LogP) is 7.13. The lowest BCUT2D eigenvalue weighted by Crippen LogP contribution is -2.03. The SMILES string of the molecule is [2H]c1nnc(-c2cccc([N+]#[C-])c2)n1-c1c(-c2ccccc2)cc(C)cc1-c1ccccc1. The van der Waals surface area contributed by atoms with Crippen LogP contribution in [0.2, 0.25) is 0 Å². The normalized spacial score (nSPS) is 11.1. The van der Waals surface area contributed by atoms with E-state index in [0.29, 0.717) is 11.5 Å². The molecule has 0 radical (unpaired) electrons. The van der Waals surface area contributed by atoms with Gasteiger partial charge in [0.05, 0.1) is 12.3 Å². The molecule has 0 atom stereocenters. The van der Waals surface area contributed by atoms with Gasteiger partial charge in [-0.2, -0.15) is 0 Å². The molecule has 0 aliphatic heterocycles. The Morgan fingerprint density at radius 2 is 1.38 bits per heavy atom. The summed E-state index contributed by atoms with van der Waals surface area (Å²) in [6.07, 6.45) is 0.0384. The lowest BCUT2D eigenvalue weighted by atomic mass is 9.93. The smallest absolute Gasteiger partial charge is 0.187 e. The molecule has 0 unspecified atom stereocenters. The van der Waals surface area contributed by atoms with Gasteiger partial charge in [0.2, 0.25) is 0 Å². The number of aryl methyl sites for hydroxylation is 1.